The first-order valence-electron chi connectivity index (χ1n) is 7.80. The summed E-state index contributed by atoms with van der Waals surface area (Å²) in [5.74, 6) is -0.317. The molecule has 0 saturated carbocycles. The zero-order valence-electron chi connectivity index (χ0n) is 12.9. The van der Waals surface area contributed by atoms with Crippen molar-refractivity contribution in [2.75, 3.05) is 18.0 Å². The van der Waals surface area contributed by atoms with Crippen LogP contribution < -0.4 is 10.2 Å². The molecule has 0 aliphatic carbocycles. The molecule has 1 atom stereocenters. The summed E-state index contributed by atoms with van der Waals surface area (Å²) in [6.45, 7) is 3.69. The number of anilines is 1. The van der Waals surface area contributed by atoms with E-state index in [1.807, 2.05) is 6.07 Å². The SMILES string of the molecule is CC(CC(=O)O)NC(=O)c1ccc(N2CCCCCC2)nc1. The Morgan fingerprint density at radius 3 is 2.50 bits per heavy atom. The highest BCUT2D eigenvalue weighted by Gasteiger charge is 2.15. The first-order chi connectivity index (χ1) is 10.6. The lowest BCUT2D eigenvalue weighted by molar-refractivity contribution is -0.137. The van der Waals surface area contributed by atoms with Crippen molar-refractivity contribution in [2.24, 2.45) is 0 Å². The number of rotatable bonds is 5. The smallest absolute Gasteiger partial charge is 0.305 e. The van der Waals surface area contributed by atoms with Gasteiger partial charge in [-0.15, -0.1) is 0 Å². The maximum Gasteiger partial charge on any atom is 0.305 e. The van der Waals surface area contributed by atoms with Crippen LogP contribution in [0.25, 0.3) is 0 Å². The summed E-state index contributed by atoms with van der Waals surface area (Å²) in [7, 11) is 0. The molecule has 1 amide bonds. The van der Waals surface area contributed by atoms with Gasteiger partial charge < -0.3 is 15.3 Å². The second-order valence-corrected chi connectivity index (χ2v) is 5.78. The van der Waals surface area contributed by atoms with Gasteiger partial charge in [0.25, 0.3) is 5.91 Å². The topological polar surface area (TPSA) is 82.5 Å². The van der Waals surface area contributed by atoms with E-state index in [2.05, 4.69) is 15.2 Å². The van der Waals surface area contributed by atoms with Gasteiger partial charge in [-0.05, 0) is 31.9 Å². The Morgan fingerprint density at radius 2 is 1.95 bits per heavy atom. The van der Waals surface area contributed by atoms with Crippen LogP contribution in [0.5, 0.6) is 0 Å². The van der Waals surface area contributed by atoms with Gasteiger partial charge in [0.2, 0.25) is 0 Å². The minimum Gasteiger partial charge on any atom is -0.481 e. The van der Waals surface area contributed by atoms with Gasteiger partial charge in [0.05, 0.1) is 12.0 Å². The number of aliphatic carboxylic acids is 1. The van der Waals surface area contributed by atoms with Crippen molar-refractivity contribution in [3.63, 3.8) is 0 Å². The minimum absolute atomic E-state index is 0.0922. The molecule has 2 N–H and O–H groups in total. The Kier molecular flexibility index (Phi) is 5.75. The number of nitrogens with zero attached hydrogens (tertiary/aromatic N) is 2. The number of hydrogen-bond acceptors (Lipinski definition) is 4. The highest BCUT2D eigenvalue weighted by atomic mass is 16.4. The second-order valence-electron chi connectivity index (χ2n) is 5.78. The third kappa shape index (κ3) is 4.72. The molecule has 1 aliphatic heterocycles. The molecule has 1 aliphatic rings. The molecule has 1 saturated heterocycles. The Bertz CT molecular complexity index is 508. The molecule has 22 heavy (non-hydrogen) atoms. The largest absolute Gasteiger partial charge is 0.481 e. The number of aromatic nitrogens is 1. The average molecular weight is 305 g/mol. The van der Waals surface area contributed by atoms with Crippen LogP contribution in [-0.4, -0.2) is 41.1 Å². The van der Waals surface area contributed by atoms with E-state index >= 15 is 0 Å². The Morgan fingerprint density at radius 1 is 1.27 bits per heavy atom. The van der Waals surface area contributed by atoms with Crippen molar-refractivity contribution < 1.29 is 14.7 Å². The van der Waals surface area contributed by atoms with E-state index in [0.717, 1.165) is 18.9 Å². The second kappa shape index (κ2) is 7.77. The molecule has 0 bridgehead atoms. The predicted molar refractivity (Wildman–Crippen MR) is 84.1 cm³/mol. The standard InChI is InChI=1S/C16H23N3O3/c1-12(10-15(20)21)18-16(22)13-6-7-14(17-11-13)19-8-4-2-3-5-9-19/h6-7,11-12H,2-5,8-10H2,1H3,(H,18,22)(H,20,21). The van der Waals surface area contributed by atoms with E-state index in [0.29, 0.717) is 5.56 Å². The molecule has 6 nitrogen and oxygen atoms in total. The van der Waals surface area contributed by atoms with E-state index in [1.165, 1.54) is 25.7 Å². The van der Waals surface area contributed by atoms with E-state index in [-0.39, 0.29) is 12.3 Å². The minimum atomic E-state index is -0.928. The van der Waals surface area contributed by atoms with Gasteiger partial charge in [-0.2, -0.15) is 0 Å². The molecule has 0 radical (unpaired) electrons. The Labute approximate surface area is 130 Å². The number of pyridine rings is 1. The first-order valence-corrected chi connectivity index (χ1v) is 7.80. The fraction of sp³-hybridized carbons (Fsp3) is 0.562. The lowest BCUT2D eigenvalue weighted by atomic mass is 10.2. The molecule has 1 aromatic heterocycles. The van der Waals surface area contributed by atoms with Gasteiger partial charge in [0.1, 0.15) is 5.82 Å². The number of hydrogen-bond donors (Lipinski definition) is 2. The number of carbonyl (C=O) groups is 2. The van der Waals surface area contributed by atoms with E-state index < -0.39 is 12.0 Å². The number of carboxylic acid groups (broad SMARTS) is 1. The van der Waals surface area contributed by atoms with Crippen molar-refractivity contribution >= 4 is 17.7 Å². The van der Waals surface area contributed by atoms with Crippen LogP contribution in [0.15, 0.2) is 18.3 Å². The molecule has 1 aromatic rings. The van der Waals surface area contributed by atoms with Crippen molar-refractivity contribution in [1.29, 1.82) is 0 Å². The maximum absolute atomic E-state index is 12.0. The monoisotopic (exact) mass is 305 g/mol. The van der Waals surface area contributed by atoms with Gasteiger partial charge >= 0.3 is 5.97 Å². The average Bonchev–Trinajstić information content (AvgIpc) is 2.75. The van der Waals surface area contributed by atoms with Crippen molar-refractivity contribution in [1.82, 2.24) is 10.3 Å². The molecule has 2 heterocycles. The third-order valence-corrected chi connectivity index (χ3v) is 3.80. The molecule has 1 unspecified atom stereocenters. The van der Waals surface area contributed by atoms with Gasteiger partial charge in [0.15, 0.2) is 0 Å². The molecule has 6 heteroatoms. The number of amides is 1. The molecule has 0 aromatic carbocycles. The summed E-state index contributed by atoms with van der Waals surface area (Å²) in [5.41, 5.74) is 0.454. The van der Waals surface area contributed by atoms with Gasteiger partial charge in [-0.3, -0.25) is 9.59 Å². The fourth-order valence-electron chi connectivity index (χ4n) is 2.63. The lowest BCUT2D eigenvalue weighted by Crippen LogP contribution is -2.34. The van der Waals surface area contributed by atoms with Crippen LogP contribution in [0.2, 0.25) is 0 Å². The zero-order chi connectivity index (χ0) is 15.9. The van der Waals surface area contributed by atoms with Crippen LogP contribution in [0.3, 0.4) is 0 Å². The Balaban J connectivity index is 1.95. The number of carbonyl (C=O) groups excluding carboxylic acids is 1. The molecule has 2 rings (SSSR count). The van der Waals surface area contributed by atoms with Crippen molar-refractivity contribution in [3.8, 4) is 0 Å². The van der Waals surface area contributed by atoms with Crippen LogP contribution in [0.4, 0.5) is 5.82 Å². The molecule has 0 spiro atoms. The first kappa shape index (κ1) is 16.3. The highest BCUT2D eigenvalue weighted by molar-refractivity contribution is 5.94. The normalized spacial score (nSPS) is 16.7. The molecule has 120 valence electrons. The van der Waals surface area contributed by atoms with Gasteiger partial charge in [0, 0.05) is 25.3 Å². The van der Waals surface area contributed by atoms with E-state index in [1.54, 1.807) is 19.2 Å². The molecular formula is C16H23N3O3. The third-order valence-electron chi connectivity index (χ3n) is 3.80. The molecular weight excluding hydrogens is 282 g/mol. The van der Waals surface area contributed by atoms with Crippen LogP contribution in [0.1, 0.15) is 49.4 Å². The van der Waals surface area contributed by atoms with Crippen LogP contribution >= 0.6 is 0 Å². The predicted octanol–water partition coefficient (Wildman–Crippen LogP) is 2.05. The summed E-state index contributed by atoms with van der Waals surface area (Å²) in [5, 5.41) is 11.4. The summed E-state index contributed by atoms with van der Waals surface area (Å²) < 4.78 is 0. The van der Waals surface area contributed by atoms with Crippen LogP contribution in [-0.2, 0) is 4.79 Å². The Hall–Kier alpha value is -2.11. The summed E-state index contributed by atoms with van der Waals surface area (Å²) in [6, 6.07) is 3.20. The highest BCUT2D eigenvalue weighted by Crippen LogP contribution is 2.17. The fourth-order valence-corrected chi connectivity index (χ4v) is 2.63. The van der Waals surface area contributed by atoms with Gasteiger partial charge in [-0.25, -0.2) is 4.98 Å². The van der Waals surface area contributed by atoms with Crippen molar-refractivity contribution in [2.45, 2.75) is 45.1 Å². The van der Waals surface area contributed by atoms with Crippen LogP contribution in [0, 0.1) is 0 Å². The van der Waals surface area contributed by atoms with E-state index in [9.17, 15) is 9.59 Å². The lowest BCUT2D eigenvalue weighted by Gasteiger charge is -2.21. The quantitative estimate of drug-likeness (QED) is 0.870. The number of carboxylic acids is 1. The van der Waals surface area contributed by atoms with E-state index in [4.69, 9.17) is 5.11 Å². The zero-order valence-corrected chi connectivity index (χ0v) is 12.9. The summed E-state index contributed by atoms with van der Waals surface area (Å²) >= 11 is 0. The van der Waals surface area contributed by atoms with Crippen molar-refractivity contribution in [3.05, 3.63) is 23.9 Å². The summed E-state index contributed by atoms with van der Waals surface area (Å²) in [6.07, 6.45) is 6.35. The molecule has 1 fully saturated rings. The summed E-state index contributed by atoms with van der Waals surface area (Å²) in [4.78, 5) is 29.3. The number of nitrogens with one attached hydrogen (secondary N) is 1. The maximum atomic E-state index is 12.0. The van der Waals surface area contributed by atoms with Gasteiger partial charge in [-0.1, -0.05) is 12.8 Å².